The van der Waals surface area contributed by atoms with Gasteiger partial charge in [-0.25, -0.2) is 0 Å². The lowest BCUT2D eigenvalue weighted by Gasteiger charge is -2.12. The van der Waals surface area contributed by atoms with E-state index in [1.54, 1.807) is 0 Å². The van der Waals surface area contributed by atoms with Gasteiger partial charge in [0.2, 0.25) is 0 Å². The fraction of sp³-hybridized carbons (Fsp3) is 0.400. The lowest BCUT2D eigenvalue weighted by molar-refractivity contribution is 0.292. The van der Waals surface area contributed by atoms with E-state index in [2.05, 4.69) is 5.10 Å². The van der Waals surface area contributed by atoms with Crippen molar-refractivity contribution < 1.29 is 4.74 Å². The summed E-state index contributed by atoms with van der Waals surface area (Å²) < 4.78 is 7.61. The van der Waals surface area contributed by atoms with E-state index in [1.807, 2.05) is 43.7 Å². The smallest absolute Gasteiger partial charge is 0.138 e. The van der Waals surface area contributed by atoms with Crippen LogP contribution >= 0.6 is 23.2 Å². The van der Waals surface area contributed by atoms with Crippen molar-refractivity contribution in [3.8, 4) is 5.75 Å². The Morgan fingerprint density at radius 1 is 1.38 bits per heavy atom. The second kappa shape index (κ2) is 6.69. The first-order chi connectivity index (χ1) is 9.93. The van der Waals surface area contributed by atoms with Crippen LogP contribution in [0.3, 0.4) is 0 Å². The van der Waals surface area contributed by atoms with E-state index in [1.165, 1.54) is 0 Å². The van der Waals surface area contributed by atoms with Gasteiger partial charge < -0.3 is 10.5 Å². The monoisotopic (exact) mass is 327 g/mol. The van der Waals surface area contributed by atoms with E-state index >= 15 is 0 Å². The molecule has 0 aliphatic rings. The van der Waals surface area contributed by atoms with E-state index in [4.69, 9.17) is 33.7 Å². The Labute approximate surface area is 134 Å². The lowest BCUT2D eigenvalue weighted by Crippen LogP contribution is -2.07. The molecule has 0 fully saturated rings. The minimum absolute atomic E-state index is 0.0600. The highest BCUT2D eigenvalue weighted by molar-refractivity contribution is 6.32. The summed E-state index contributed by atoms with van der Waals surface area (Å²) in [6.45, 7) is 6.86. The van der Waals surface area contributed by atoms with Gasteiger partial charge in [0.1, 0.15) is 12.4 Å². The summed E-state index contributed by atoms with van der Waals surface area (Å²) in [5.74, 6) is 0.610. The number of halogens is 2. The molecule has 0 spiro atoms. The number of aromatic nitrogens is 2. The van der Waals surface area contributed by atoms with E-state index in [0.717, 1.165) is 23.5 Å². The number of nitrogens with two attached hydrogens (primary N) is 1. The summed E-state index contributed by atoms with van der Waals surface area (Å²) in [7, 11) is 0. The number of ether oxygens (including phenoxy) is 1. The fourth-order valence-electron chi connectivity index (χ4n) is 2.07. The Balaban J connectivity index is 2.17. The fourth-order valence-corrected chi connectivity index (χ4v) is 2.50. The molecule has 4 nitrogen and oxygen atoms in total. The predicted octanol–water partition coefficient (Wildman–Crippen LogP) is 4.12. The van der Waals surface area contributed by atoms with Crippen molar-refractivity contribution in [2.45, 2.75) is 40.0 Å². The molecular formula is C15H19Cl2N3O. The normalized spacial score (nSPS) is 12.5. The summed E-state index contributed by atoms with van der Waals surface area (Å²) in [6, 6.07) is 5.51. The summed E-state index contributed by atoms with van der Waals surface area (Å²) in [4.78, 5) is 0. The number of hydrogen-bond donors (Lipinski definition) is 1. The summed E-state index contributed by atoms with van der Waals surface area (Å²) in [6.07, 6.45) is 0. The quantitative estimate of drug-likeness (QED) is 0.898. The van der Waals surface area contributed by atoms with Crippen molar-refractivity contribution in [3.63, 3.8) is 0 Å². The molecule has 0 saturated heterocycles. The van der Waals surface area contributed by atoms with Gasteiger partial charge in [-0.2, -0.15) is 5.10 Å². The van der Waals surface area contributed by atoms with Gasteiger partial charge in [-0.05, 0) is 38.5 Å². The van der Waals surface area contributed by atoms with Crippen LogP contribution in [0.4, 0.5) is 0 Å². The molecule has 0 radical (unpaired) electrons. The number of nitrogens with zero attached hydrogens (tertiary/aromatic N) is 2. The third-order valence-electron chi connectivity index (χ3n) is 3.30. The molecule has 21 heavy (non-hydrogen) atoms. The molecule has 0 saturated carbocycles. The average Bonchev–Trinajstić information content (AvgIpc) is 2.72. The van der Waals surface area contributed by atoms with Crippen LogP contribution in [0.25, 0.3) is 0 Å². The molecule has 1 aromatic heterocycles. The van der Waals surface area contributed by atoms with Crippen molar-refractivity contribution in [2.75, 3.05) is 0 Å². The highest BCUT2D eigenvalue weighted by atomic mass is 35.5. The Bertz CT molecular complexity index is 638. The van der Waals surface area contributed by atoms with Crippen LogP contribution in [0.15, 0.2) is 18.2 Å². The second-order valence-corrected chi connectivity index (χ2v) is 5.71. The predicted molar refractivity (Wildman–Crippen MR) is 86.0 cm³/mol. The van der Waals surface area contributed by atoms with Crippen LogP contribution in [0.5, 0.6) is 5.75 Å². The van der Waals surface area contributed by atoms with Crippen molar-refractivity contribution >= 4 is 23.2 Å². The van der Waals surface area contributed by atoms with Crippen molar-refractivity contribution in [3.05, 3.63) is 45.2 Å². The molecule has 2 N–H and O–H groups in total. The third kappa shape index (κ3) is 3.51. The Morgan fingerprint density at radius 2 is 2.10 bits per heavy atom. The molecular weight excluding hydrogens is 309 g/mol. The van der Waals surface area contributed by atoms with Crippen LogP contribution in [0.2, 0.25) is 10.0 Å². The minimum Gasteiger partial charge on any atom is -0.486 e. The molecule has 0 unspecified atom stereocenters. The molecule has 0 aliphatic carbocycles. The zero-order chi connectivity index (χ0) is 15.6. The zero-order valence-electron chi connectivity index (χ0n) is 12.4. The molecule has 2 aromatic rings. The third-order valence-corrected chi connectivity index (χ3v) is 4.09. The van der Waals surface area contributed by atoms with Gasteiger partial charge in [0, 0.05) is 12.6 Å². The summed E-state index contributed by atoms with van der Waals surface area (Å²) in [5, 5.41) is 5.54. The highest BCUT2D eigenvalue weighted by Crippen LogP contribution is 2.29. The van der Waals surface area contributed by atoms with E-state index in [0.29, 0.717) is 22.4 Å². The summed E-state index contributed by atoms with van der Waals surface area (Å²) >= 11 is 12.5. The summed E-state index contributed by atoms with van der Waals surface area (Å²) in [5.41, 5.74) is 8.45. The van der Waals surface area contributed by atoms with Gasteiger partial charge in [-0.1, -0.05) is 29.3 Å². The van der Waals surface area contributed by atoms with Gasteiger partial charge in [0.15, 0.2) is 0 Å². The van der Waals surface area contributed by atoms with Crippen molar-refractivity contribution in [1.82, 2.24) is 9.78 Å². The number of hydrogen-bond acceptors (Lipinski definition) is 3. The number of rotatable bonds is 5. The average molecular weight is 328 g/mol. The van der Waals surface area contributed by atoms with E-state index < -0.39 is 0 Å². The molecule has 1 atom stereocenters. The maximum atomic E-state index is 6.25. The molecule has 0 aliphatic heterocycles. The maximum Gasteiger partial charge on any atom is 0.138 e. The lowest BCUT2D eigenvalue weighted by atomic mass is 10.1. The number of aryl methyl sites for hydroxylation is 2. The van der Waals surface area contributed by atoms with Gasteiger partial charge in [0.25, 0.3) is 0 Å². The minimum atomic E-state index is -0.0600. The number of benzene rings is 1. The first-order valence-electron chi connectivity index (χ1n) is 6.83. The molecule has 0 amide bonds. The van der Waals surface area contributed by atoms with Crippen LogP contribution < -0.4 is 10.5 Å². The SMILES string of the molecule is CCn1nc(C)c(Cl)c1COc1ccc([C@H](C)N)cc1Cl. The topological polar surface area (TPSA) is 53.1 Å². The first-order valence-corrected chi connectivity index (χ1v) is 7.59. The van der Waals surface area contributed by atoms with E-state index in [9.17, 15) is 0 Å². The second-order valence-electron chi connectivity index (χ2n) is 4.93. The van der Waals surface area contributed by atoms with Gasteiger partial charge >= 0.3 is 0 Å². The highest BCUT2D eigenvalue weighted by Gasteiger charge is 2.14. The van der Waals surface area contributed by atoms with E-state index in [-0.39, 0.29) is 6.04 Å². The van der Waals surface area contributed by atoms with Crippen LogP contribution in [0, 0.1) is 6.92 Å². The van der Waals surface area contributed by atoms with Crippen molar-refractivity contribution in [2.24, 2.45) is 5.73 Å². The standard InChI is InChI=1S/C15H19Cl2N3O/c1-4-20-13(15(17)10(3)19-20)8-21-14-6-5-11(9(2)18)7-12(14)16/h5-7,9H,4,8,18H2,1-3H3/t9-/m0/s1. The Kier molecular flexibility index (Phi) is 5.14. The largest absolute Gasteiger partial charge is 0.486 e. The van der Waals surface area contributed by atoms with Gasteiger partial charge in [-0.3, -0.25) is 4.68 Å². The van der Waals surface area contributed by atoms with Gasteiger partial charge in [0.05, 0.1) is 21.4 Å². The molecule has 114 valence electrons. The molecule has 6 heteroatoms. The Hall–Kier alpha value is -1.23. The first kappa shape index (κ1) is 16.1. The van der Waals surface area contributed by atoms with Crippen LogP contribution in [-0.4, -0.2) is 9.78 Å². The molecule has 1 heterocycles. The van der Waals surface area contributed by atoms with Crippen molar-refractivity contribution in [1.29, 1.82) is 0 Å². The van der Waals surface area contributed by atoms with Crippen LogP contribution in [-0.2, 0) is 13.2 Å². The van der Waals surface area contributed by atoms with Crippen LogP contribution in [0.1, 0.15) is 36.8 Å². The maximum absolute atomic E-state index is 6.25. The molecule has 0 bridgehead atoms. The van der Waals surface area contributed by atoms with Gasteiger partial charge in [-0.15, -0.1) is 0 Å². The zero-order valence-corrected chi connectivity index (χ0v) is 13.9. The Morgan fingerprint density at radius 3 is 2.67 bits per heavy atom. The molecule has 2 rings (SSSR count). The molecule has 1 aromatic carbocycles.